The predicted octanol–water partition coefficient (Wildman–Crippen LogP) is 3.40. The van der Waals surface area contributed by atoms with Crippen LogP contribution < -0.4 is 5.32 Å². The predicted molar refractivity (Wildman–Crippen MR) is 74.7 cm³/mol. The van der Waals surface area contributed by atoms with Crippen molar-refractivity contribution in [3.8, 4) is 0 Å². The van der Waals surface area contributed by atoms with Gasteiger partial charge in [0.25, 0.3) is 5.91 Å². The summed E-state index contributed by atoms with van der Waals surface area (Å²) in [7, 11) is 0. The SMILES string of the molecule is CC(CCO)CNC(=O)c1c(Cl)ccc(Cl)c1Cl. The number of nitrogens with one attached hydrogen (secondary N) is 1. The third kappa shape index (κ3) is 4.02. The molecule has 100 valence electrons. The molecule has 0 saturated carbocycles. The van der Waals surface area contributed by atoms with Gasteiger partial charge in [-0.05, 0) is 24.5 Å². The molecule has 1 aromatic carbocycles. The van der Waals surface area contributed by atoms with E-state index in [2.05, 4.69) is 5.32 Å². The van der Waals surface area contributed by atoms with Gasteiger partial charge in [-0.3, -0.25) is 4.79 Å². The molecule has 1 unspecified atom stereocenters. The molecule has 18 heavy (non-hydrogen) atoms. The Hall–Kier alpha value is -0.480. The summed E-state index contributed by atoms with van der Waals surface area (Å²) in [5, 5.41) is 12.2. The molecule has 0 heterocycles. The summed E-state index contributed by atoms with van der Waals surface area (Å²) in [5.74, 6) is -0.187. The number of aliphatic hydroxyl groups excluding tert-OH is 1. The van der Waals surface area contributed by atoms with Gasteiger partial charge in [0.1, 0.15) is 0 Å². The van der Waals surface area contributed by atoms with Gasteiger partial charge in [0.05, 0.1) is 20.6 Å². The first-order chi connectivity index (χ1) is 8.47. The van der Waals surface area contributed by atoms with E-state index >= 15 is 0 Å². The molecule has 0 aliphatic heterocycles. The fourth-order valence-corrected chi connectivity index (χ4v) is 2.11. The van der Waals surface area contributed by atoms with Gasteiger partial charge in [-0.1, -0.05) is 41.7 Å². The van der Waals surface area contributed by atoms with E-state index in [9.17, 15) is 4.79 Å². The molecule has 0 bridgehead atoms. The maximum absolute atomic E-state index is 11.9. The summed E-state index contributed by atoms with van der Waals surface area (Å²) in [4.78, 5) is 11.9. The van der Waals surface area contributed by atoms with E-state index in [1.54, 1.807) is 0 Å². The van der Waals surface area contributed by atoms with Crippen molar-refractivity contribution < 1.29 is 9.90 Å². The number of amides is 1. The van der Waals surface area contributed by atoms with Crippen molar-refractivity contribution in [1.29, 1.82) is 0 Å². The third-order valence-corrected chi connectivity index (χ3v) is 3.62. The first kappa shape index (κ1) is 15.6. The number of hydrogen-bond acceptors (Lipinski definition) is 2. The van der Waals surface area contributed by atoms with Crippen LogP contribution in [0.15, 0.2) is 12.1 Å². The first-order valence-corrected chi connectivity index (χ1v) is 6.63. The maximum atomic E-state index is 11.9. The van der Waals surface area contributed by atoms with Crippen LogP contribution in [0.2, 0.25) is 15.1 Å². The molecule has 0 spiro atoms. The third-order valence-electron chi connectivity index (χ3n) is 2.50. The van der Waals surface area contributed by atoms with Crippen molar-refractivity contribution in [2.75, 3.05) is 13.2 Å². The molecular weight excluding hydrogens is 296 g/mol. The number of hydrogen-bond donors (Lipinski definition) is 2. The van der Waals surface area contributed by atoms with E-state index in [0.29, 0.717) is 13.0 Å². The zero-order valence-corrected chi connectivity index (χ0v) is 12.1. The van der Waals surface area contributed by atoms with Crippen molar-refractivity contribution in [3.63, 3.8) is 0 Å². The van der Waals surface area contributed by atoms with Crippen molar-refractivity contribution >= 4 is 40.7 Å². The lowest BCUT2D eigenvalue weighted by molar-refractivity contribution is 0.0945. The van der Waals surface area contributed by atoms with Crippen molar-refractivity contribution in [2.45, 2.75) is 13.3 Å². The molecule has 1 rings (SSSR count). The van der Waals surface area contributed by atoms with E-state index < -0.39 is 0 Å². The molecule has 0 aliphatic rings. The van der Waals surface area contributed by atoms with E-state index in [1.165, 1.54) is 12.1 Å². The van der Waals surface area contributed by atoms with E-state index in [0.717, 1.165) is 0 Å². The van der Waals surface area contributed by atoms with Crippen LogP contribution in [0.4, 0.5) is 0 Å². The Bertz CT molecular complexity index is 438. The Morgan fingerprint density at radius 1 is 1.33 bits per heavy atom. The van der Waals surface area contributed by atoms with Gasteiger partial charge >= 0.3 is 0 Å². The lowest BCUT2D eigenvalue weighted by atomic mass is 10.1. The highest BCUT2D eigenvalue weighted by atomic mass is 35.5. The molecule has 1 amide bonds. The minimum Gasteiger partial charge on any atom is -0.396 e. The fraction of sp³-hybridized carbons (Fsp3) is 0.417. The maximum Gasteiger partial charge on any atom is 0.254 e. The lowest BCUT2D eigenvalue weighted by Crippen LogP contribution is -2.29. The molecule has 0 aliphatic carbocycles. The Morgan fingerprint density at radius 2 is 1.94 bits per heavy atom. The monoisotopic (exact) mass is 309 g/mol. The average Bonchev–Trinajstić information content (AvgIpc) is 2.32. The van der Waals surface area contributed by atoms with Gasteiger partial charge in [-0.2, -0.15) is 0 Å². The summed E-state index contributed by atoms with van der Waals surface area (Å²) >= 11 is 17.7. The van der Waals surface area contributed by atoms with Crippen LogP contribution in [0.5, 0.6) is 0 Å². The summed E-state index contributed by atoms with van der Waals surface area (Å²) in [5.41, 5.74) is 0.182. The van der Waals surface area contributed by atoms with E-state index in [1.807, 2.05) is 6.92 Å². The van der Waals surface area contributed by atoms with Gasteiger partial charge in [0.15, 0.2) is 0 Å². The number of aliphatic hydroxyl groups is 1. The highest BCUT2D eigenvalue weighted by molar-refractivity contribution is 6.46. The number of rotatable bonds is 5. The van der Waals surface area contributed by atoms with Crippen LogP contribution in [-0.4, -0.2) is 24.2 Å². The van der Waals surface area contributed by atoms with Crippen LogP contribution in [0.1, 0.15) is 23.7 Å². The van der Waals surface area contributed by atoms with Gasteiger partial charge in [0, 0.05) is 13.2 Å². The number of benzene rings is 1. The highest BCUT2D eigenvalue weighted by Crippen LogP contribution is 2.31. The zero-order chi connectivity index (χ0) is 13.7. The van der Waals surface area contributed by atoms with Gasteiger partial charge in [0.2, 0.25) is 0 Å². The standard InChI is InChI=1S/C12H14Cl3NO2/c1-7(4-5-17)6-16-12(18)10-8(13)2-3-9(14)11(10)15/h2-3,7,17H,4-6H2,1H3,(H,16,18). The number of carbonyl (C=O) groups is 1. The van der Waals surface area contributed by atoms with Gasteiger partial charge in [-0.15, -0.1) is 0 Å². The Morgan fingerprint density at radius 3 is 2.56 bits per heavy atom. The minimum absolute atomic E-state index is 0.0930. The second-order valence-electron chi connectivity index (χ2n) is 4.05. The van der Waals surface area contributed by atoms with Gasteiger partial charge < -0.3 is 10.4 Å². The smallest absolute Gasteiger partial charge is 0.254 e. The normalized spacial score (nSPS) is 12.3. The topological polar surface area (TPSA) is 49.3 Å². The molecular formula is C12H14Cl3NO2. The number of halogens is 3. The number of carbonyl (C=O) groups excluding carboxylic acids is 1. The van der Waals surface area contributed by atoms with Crippen LogP contribution >= 0.6 is 34.8 Å². The Kier molecular flexibility index (Phi) is 6.22. The van der Waals surface area contributed by atoms with Crippen molar-refractivity contribution in [1.82, 2.24) is 5.32 Å². The Labute approximate surface area is 121 Å². The average molecular weight is 311 g/mol. The molecule has 3 nitrogen and oxygen atoms in total. The summed E-state index contributed by atoms with van der Waals surface area (Å²) in [6, 6.07) is 3.07. The van der Waals surface area contributed by atoms with Crippen LogP contribution in [-0.2, 0) is 0 Å². The van der Waals surface area contributed by atoms with E-state index in [-0.39, 0.29) is 39.1 Å². The molecule has 0 aromatic heterocycles. The van der Waals surface area contributed by atoms with Crippen LogP contribution in [0, 0.1) is 5.92 Å². The largest absolute Gasteiger partial charge is 0.396 e. The minimum atomic E-state index is -0.364. The second-order valence-corrected chi connectivity index (χ2v) is 5.24. The van der Waals surface area contributed by atoms with Crippen molar-refractivity contribution in [2.24, 2.45) is 5.92 Å². The zero-order valence-electron chi connectivity index (χ0n) is 9.84. The summed E-state index contributed by atoms with van der Waals surface area (Å²) in [6.07, 6.45) is 0.622. The lowest BCUT2D eigenvalue weighted by Gasteiger charge is -2.13. The van der Waals surface area contributed by atoms with E-state index in [4.69, 9.17) is 39.9 Å². The second kappa shape index (κ2) is 7.19. The molecule has 0 fully saturated rings. The van der Waals surface area contributed by atoms with Crippen LogP contribution in [0.25, 0.3) is 0 Å². The fourth-order valence-electron chi connectivity index (χ4n) is 1.41. The molecule has 6 heteroatoms. The summed E-state index contributed by atoms with van der Waals surface area (Å²) in [6.45, 7) is 2.46. The van der Waals surface area contributed by atoms with Gasteiger partial charge in [-0.25, -0.2) is 0 Å². The molecule has 1 atom stereocenters. The molecule has 1 aromatic rings. The van der Waals surface area contributed by atoms with Crippen molar-refractivity contribution in [3.05, 3.63) is 32.8 Å². The highest BCUT2D eigenvalue weighted by Gasteiger charge is 2.17. The quantitative estimate of drug-likeness (QED) is 0.819. The molecule has 0 saturated heterocycles. The first-order valence-electron chi connectivity index (χ1n) is 5.50. The summed E-state index contributed by atoms with van der Waals surface area (Å²) < 4.78 is 0. The molecule has 2 N–H and O–H groups in total. The molecule has 0 radical (unpaired) electrons. The van der Waals surface area contributed by atoms with Crippen LogP contribution in [0.3, 0.4) is 0 Å². The Balaban J connectivity index is 2.76.